The highest BCUT2D eigenvalue weighted by Gasteiger charge is 2.35. The lowest BCUT2D eigenvalue weighted by Gasteiger charge is -2.12. The van der Waals surface area contributed by atoms with Crippen LogP contribution in [-0.4, -0.2) is 51.5 Å². The second-order valence-electron chi connectivity index (χ2n) is 9.98. The van der Waals surface area contributed by atoms with E-state index < -0.39 is 11.9 Å². The molecule has 40 heavy (non-hydrogen) atoms. The molecule has 1 fully saturated rings. The van der Waals surface area contributed by atoms with Gasteiger partial charge in [-0.2, -0.15) is 13.2 Å². The minimum absolute atomic E-state index is 0.209. The van der Waals surface area contributed by atoms with E-state index in [-0.39, 0.29) is 24.3 Å². The molecule has 0 radical (unpaired) electrons. The second kappa shape index (κ2) is 9.57. The van der Waals surface area contributed by atoms with Crippen molar-refractivity contribution in [3.8, 4) is 34.5 Å². The number of hydrogen-bond donors (Lipinski definition) is 1. The predicted octanol–water partition coefficient (Wildman–Crippen LogP) is 5.39. The number of hydrogen-bond acceptors (Lipinski definition) is 8. The Kier molecular flexibility index (Phi) is 6.15. The van der Waals surface area contributed by atoms with Crippen LogP contribution in [0.4, 0.5) is 13.2 Å². The van der Waals surface area contributed by atoms with Crippen molar-refractivity contribution in [2.45, 2.75) is 51.4 Å². The van der Waals surface area contributed by atoms with Crippen LogP contribution in [-0.2, 0) is 12.7 Å². The molecule has 0 atom stereocenters. The summed E-state index contributed by atoms with van der Waals surface area (Å²) in [6.07, 6.45) is 1.50. The molecule has 0 saturated heterocycles. The van der Waals surface area contributed by atoms with E-state index in [1.54, 1.807) is 42.8 Å². The Labute approximate surface area is 226 Å². The molecule has 206 valence electrons. The molecule has 0 bridgehead atoms. The first kappa shape index (κ1) is 25.7. The van der Waals surface area contributed by atoms with Crippen molar-refractivity contribution in [3.63, 3.8) is 0 Å². The minimum Gasteiger partial charge on any atom is -0.492 e. The van der Waals surface area contributed by atoms with Crippen molar-refractivity contribution in [1.82, 2.24) is 39.3 Å². The number of alkyl halides is 3. The number of aromatic nitrogens is 8. The van der Waals surface area contributed by atoms with Gasteiger partial charge in [0.25, 0.3) is 0 Å². The lowest BCUT2D eigenvalue weighted by Crippen LogP contribution is -2.06. The first-order valence-corrected chi connectivity index (χ1v) is 12.7. The van der Waals surface area contributed by atoms with E-state index in [1.165, 1.54) is 24.2 Å². The molecule has 6 rings (SSSR count). The van der Waals surface area contributed by atoms with Crippen LogP contribution < -0.4 is 4.74 Å². The first-order valence-electron chi connectivity index (χ1n) is 12.7. The van der Waals surface area contributed by atoms with Gasteiger partial charge >= 0.3 is 6.18 Å². The maximum Gasteiger partial charge on any atom is 0.434 e. The summed E-state index contributed by atoms with van der Waals surface area (Å²) in [4.78, 5) is 21.7. The molecule has 0 unspecified atom stereocenters. The van der Waals surface area contributed by atoms with Crippen LogP contribution in [0.5, 0.6) is 11.8 Å². The lowest BCUT2D eigenvalue weighted by molar-refractivity contribution is -0.140. The van der Waals surface area contributed by atoms with Gasteiger partial charge < -0.3 is 14.4 Å². The van der Waals surface area contributed by atoms with Crippen molar-refractivity contribution < 1.29 is 23.0 Å². The van der Waals surface area contributed by atoms with Crippen LogP contribution in [0.2, 0.25) is 0 Å². The SMILES string of the molecule is COc1ncnc(C2CC2)c1-c1ncc2c(O)nn(Cc3ccc(-c4nc(C(F)(F)F)cn4C(C)C)cc3)c2n1. The third-order valence-electron chi connectivity index (χ3n) is 6.82. The van der Waals surface area contributed by atoms with Gasteiger partial charge in [0.05, 0.1) is 19.3 Å². The van der Waals surface area contributed by atoms with Gasteiger partial charge in [-0.1, -0.05) is 24.3 Å². The number of aromatic hydroxyl groups is 1. The Hall–Kier alpha value is -4.55. The molecule has 1 N–H and O–H groups in total. The molecule has 0 spiro atoms. The summed E-state index contributed by atoms with van der Waals surface area (Å²) in [5.41, 5.74) is 2.26. The molecule has 0 aliphatic heterocycles. The van der Waals surface area contributed by atoms with Crippen LogP contribution in [0, 0.1) is 0 Å². The highest BCUT2D eigenvalue weighted by molar-refractivity contribution is 5.82. The van der Waals surface area contributed by atoms with Crippen molar-refractivity contribution in [3.05, 3.63) is 59.9 Å². The zero-order valence-corrected chi connectivity index (χ0v) is 21.9. The van der Waals surface area contributed by atoms with Gasteiger partial charge in [0.1, 0.15) is 23.1 Å². The van der Waals surface area contributed by atoms with E-state index in [9.17, 15) is 18.3 Å². The van der Waals surface area contributed by atoms with Gasteiger partial charge in [-0.25, -0.2) is 29.6 Å². The zero-order chi connectivity index (χ0) is 28.2. The Morgan fingerprint density at radius 2 is 1.82 bits per heavy atom. The Balaban J connectivity index is 1.34. The summed E-state index contributed by atoms with van der Waals surface area (Å²) < 4.78 is 48.5. The topological polar surface area (TPSA) is 117 Å². The third kappa shape index (κ3) is 4.61. The summed E-state index contributed by atoms with van der Waals surface area (Å²) in [5, 5.41) is 15.1. The van der Waals surface area contributed by atoms with Gasteiger partial charge in [-0.3, -0.25) is 0 Å². The van der Waals surface area contributed by atoms with Gasteiger partial charge in [0.2, 0.25) is 11.8 Å². The van der Waals surface area contributed by atoms with E-state index in [1.807, 2.05) is 0 Å². The monoisotopic (exact) mass is 550 g/mol. The highest BCUT2D eigenvalue weighted by Crippen LogP contribution is 2.45. The number of rotatable bonds is 7. The van der Waals surface area contributed by atoms with Crippen LogP contribution in [0.25, 0.3) is 33.8 Å². The lowest BCUT2D eigenvalue weighted by atomic mass is 10.1. The van der Waals surface area contributed by atoms with E-state index >= 15 is 0 Å². The fourth-order valence-electron chi connectivity index (χ4n) is 4.66. The van der Waals surface area contributed by atoms with Crippen molar-refractivity contribution >= 4 is 11.0 Å². The molecule has 1 aromatic carbocycles. The molecule has 10 nitrogen and oxygen atoms in total. The van der Waals surface area contributed by atoms with Crippen LogP contribution in [0.3, 0.4) is 0 Å². The van der Waals surface area contributed by atoms with E-state index in [0.717, 1.165) is 30.3 Å². The molecule has 1 aliphatic carbocycles. The Morgan fingerprint density at radius 1 is 1.07 bits per heavy atom. The maximum atomic E-state index is 13.3. The molecule has 13 heteroatoms. The number of ether oxygens (including phenoxy) is 1. The smallest absolute Gasteiger partial charge is 0.434 e. The number of benzene rings is 1. The average molecular weight is 551 g/mol. The Morgan fingerprint density at radius 3 is 2.48 bits per heavy atom. The van der Waals surface area contributed by atoms with E-state index in [2.05, 4.69) is 25.0 Å². The summed E-state index contributed by atoms with van der Waals surface area (Å²) >= 11 is 0. The molecule has 1 saturated carbocycles. The quantitative estimate of drug-likeness (QED) is 0.287. The van der Waals surface area contributed by atoms with E-state index in [0.29, 0.717) is 39.8 Å². The molecule has 4 heterocycles. The van der Waals surface area contributed by atoms with Gasteiger partial charge in [0.15, 0.2) is 17.2 Å². The molecular formula is C27H25F3N8O2. The first-order chi connectivity index (χ1) is 19.1. The van der Waals surface area contributed by atoms with Crippen LogP contribution in [0.1, 0.15) is 55.6 Å². The maximum absolute atomic E-state index is 13.3. The second-order valence-corrected chi connectivity index (χ2v) is 9.98. The fraction of sp³-hybridized carbons (Fsp3) is 0.333. The number of fused-ring (bicyclic) bond motifs is 1. The van der Waals surface area contributed by atoms with Gasteiger partial charge in [-0.05, 0) is 32.3 Å². The van der Waals surface area contributed by atoms with Gasteiger partial charge in [0, 0.05) is 29.9 Å². The predicted molar refractivity (Wildman–Crippen MR) is 139 cm³/mol. The molecule has 5 aromatic rings. The molecule has 4 aromatic heterocycles. The number of imidazole rings is 1. The fourth-order valence-corrected chi connectivity index (χ4v) is 4.66. The third-order valence-corrected chi connectivity index (χ3v) is 6.82. The van der Waals surface area contributed by atoms with Crippen molar-refractivity contribution in [2.24, 2.45) is 0 Å². The summed E-state index contributed by atoms with van der Waals surface area (Å²) in [7, 11) is 1.53. The zero-order valence-electron chi connectivity index (χ0n) is 21.9. The summed E-state index contributed by atoms with van der Waals surface area (Å²) in [5.74, 6) is 1.05. The van der Waals surface area contributed by atoms with Crippen molar-refractivity contribution in [2.75, 3.05) is 7.11 Å². The van der Waals surface area contributed by atoms with Crippen LogP contribution >= 0.6 is 0 Å². The number of nitrogens with zero attached hydrogens (tertiary/aromatic N) is 8. The molecule has 1 aliphatic rings. The normalized spacial score (nSPS) is 13.9. The molecular weight excluding hydrogens is 525 g/mol. The highest BCUT2D eigenvalue weighted by atomic mass is 19.4. The summed E-state index contributed by atoms with van der Waals surface area (Å²) in [6.45, 7) is 3.85. The van der Waals surface area contributed by atoms with E-state index in [4.69, 9.17) is 9.72 Å². The largest absolute Gasteiger partial charge is 0.492 e. The standard InChI is InChI=1S/C27H25F3N8O2/c1-14(2)37-12-19(27(28,29)30)34-23(37)17-6-4-15(5-7-17)11-38-24-18(25(39)36-38)10-31-22(35-24)20-21(16-8-9-16)32-13-33-26(20)40-3/h4-7,10,12-14,16H,8-9,11H2,1-3H3,(H,36,39). The van der Waals surface area contributed by atoms with Crippen molar-refractivity contribution in [1.29, 1.82) is 0 Å². The summed E-state index contributed by atoms with van der Waals surface area (Å²) in [6, 6.07) is 6.80. The van der Waals surface area contributed by atoms with Crippen LogP contribution in [0.15, 0.2) is 43.0 Å². The average Bonchev–Trinajstić information content (AvgIpc) is 3.60. The Bertz CT molecular complexity index is 1710. The molecule has 0 amide bonds. The number of halogens is 3. The minimum atomic E-state index is -4.53. The van der Waals surface area contributed by atoms with Gasteiger partial charge in [-0.15, -0.1) is 5.10 Å². The number of methoxy groups -OCH3 is 1.